The van der Waals surface area contributed by atoms with Crippen LogP contribution in [0.25, 0.3) is 0 Å². The zero-order valence-electron chi connectivity index (χ0n) is 14.3. The SMILES string of the molecule is O=C(O)c1ccccc1S[C@@H]1C[C@H]2c3ccccc3C(=O)N2n2cccc21. The first-order chi connectivity index (χ1) is 13.1. The third kappa shape index (κ3) is 2.40. The van der Waals surface area contributed by atoms with Gasteiger partial charge in [0, 0.05) is 16.7 Å². The quantitative estimate of drug-likeness (QED) is 0.742. The van der Waals surface area contributed by atoms with Gasteiger partial charge >= 0.3 is 5.97 Å². The number of hydrogen-bond donors (Lipinski definition) is 1. The Bertz CT molecular complexity index is 1070. The van der Waals surface area contributed by atoms with Gasteiger partial charge in [-0.05, 0) is 42.3 Å². The van der Waals surface area contributed by atoms with Gasteiger partial charge in [-0.2, -0.15) is 0 Å². The normalized spacial score (nSPS) is 20.1. The fraction of sp³-hybridized carbons (Fsp3) is 0.143. The van der Waals surface area contributed by atoms with Gasteiger partial charge in [-0.1, -0.05) is 30.3 Å². The zero-order valence-corrected chi connectivity index (χ0v) is 15.1. The minimum absolute atomic E-state index is 0.0161. The van der Waals surface area contributed by atoms with Crippen molar-refractivity contribution in [1.29, 1.82) is 0 Å². The van der Waals surface area contributed by atoms with Crippen LogP contribution in [0.4, 0.5) is 0 Å². The molecule has 0 saturated carbocycles. The van der Waals surface area contributed by atoms with E-state index < -0.39 is 5.97 Å². The summed E-state index contributed by atoms with van der Waals surface area (Å²) in [7, 11) is 0. The summed E-state index contributed by atoms with van der Waals surface area (Å²) in [5, 5.41) is 11.4. The van der Waals surface area contributed by atoms with Crippen molar-refractivity contribution in [2.24, 2.45) is 0 Å². The van der Waals surface area contributed by atoms with Crippen molar-refractivity contribution in [1.82, 2.24) is 4.68 Å². The van der Waals surface area contributed by atoms with Crippen molar-refractivity contribution in [3.63, 3.8) is 0 Å². The van der Waals surface area contributed by atoms with Gasteiger partial charge in [0.25, 0.3) is 5.91 Å². The number of amides is 1. The topological polar surface area (TPSA) is 62.5 Å². The van der Waals surface area contributed by atoms with E-state index in [-0.39, 0.29) is 17.2 Å². The predicted octanol–water partition coefficient (Wildman–Crippen LogP) is 4.26. The number of carboxylic acid groups (broad SMARTS) is 1. The number of benzene rings is 2. The molecular formula is C21H16N2O3S. The third-order valence-corrected chi connectivity index (χ3v) is 6.53. The molecule has 0 saturated heterocycles. The highest BCUT2D eigenvalue weighted by Crippen LogP contribution is 2.49. The van der Waals surface area contributed by atoms with Gasteiger partial charge in [-0.25, -0.2) is 9.80 Å². The van der Waals surface area contributed by atoms with Crippen LogP contribution in [-0.2, 0) is 0 Å². The number of aromatic carboxylic acids is 1. The van der Waals surface area contributed by atoms with Gasteiger partial charge in [0.05, 0.1) is 22.5 Å². The Kier molecular flexibility index (Phi) is 3.62. The highest BCUT2D eigenvalue weighted by molar-refractivity contribution is 7.99. The van der Waals surface area contributed by atoms with Crippen molar-refractivity contribution >= 4 is 23.6 Å². The molecule has 1 aromatic heterocycles. The molecule has 0 unspecified atom stereocenters. The molecule has 2 atom stereocenters. The smallest absolute Gasteiger partial charge is 0.336 e. The van der Waals surface area contributed by atoms with E-state index in [0.29, 0.717) is 5.56 Å². The summed E-state index contributed by atoms with van der Waals surface area (Å²) >= 11 is 1.55. The lowest BCUT2D eigenvalue weighted by atomic mass is 9.99. The Morgan fingerprint density at radius 3 is 2.67 bits per heavy atom. The highest BCUT2D eigenvalue weighted by Gasteiger charge is 2.43. The maximum atomic E-state index is 12.9. The lowest BCUT2D eigenvalue weighted by molar-refractivity contribution is 0.0693. The molecule has 6 heteroatoms. The van der Waals surface area contributed by atoms with Gasteiger partial charge in [0.1, 0.15) is 0 Å². The summed E-state index contributed by atoms with van der Waals surface area (Å²) in [4.78, 5) is 25.2. The number of fused-ring (bicyclic) bond motifs is 5. The van der Waals surface area contributed by atoms with E-state index in [1.807, 2.05) is 64.4 Å². The molecule has 2 aliphatic rings. The highest BCUT2D eigenvalue weighted by atomic mass is 32.2. The third-order valence-electron chi connectivity index (χ3n) is 5.20. The molecule has 1 amide bonds. The van der Waals surface area contributed by atoms with Crippen molar-refractivity contribution in [3.05, 3.63) is 89.2 Å². The maximum Gasteiger partial charge on any atom is 0.336 e. The summed E-state index contributed by atoms with van der Waals surface area (Å²) in [5.41, 5.74) is 3.11. The first-order valence-corrected chi connectivity index (χ1v) is 9.62. The molecule has 1 N–H and O–H groups in total. The zero-order chi connectivity index (χ0) is 18.5. The van der Waals surface area contributed by atoms with E-state index >= 15 is 0 Å². The second kappa shape index (κ2) is 6.03. The number of carbonyl (C=O) groups excluding carboxylic acids is 1. The Balaban J connectivity index is 1.57. The van der Waals surface area contributed by atoms with Crippen molar-refractivity contribution in [2.45, 2.75) is 22.6 Å². The molecule has 2 aliphatic heterocycles. The van der Waals surface area contributed by atoms with Crippen LogP contribution in [0.5, 0.6) is 0 Å². The van der Waals surface area contributed by atoms with Crippen LogP contribution in [0.1, 0.15) is 49.7 Å². The van der Waals surface area contributed by atoms with Gasteiger partial charge < -0.3 is 5.11 Å². The monoisotopic (exact) mass is 376 g/mol. The Morgan fingerprint density at radius 2 is 1.81 bits per heavy atom. The second-order valence-corrected chi connectivity index (χ2v) is 7.92. The lowest BCUT2D eigenvalue weighted by Gasteiger charge is -2.37. The average Bonchev–Trinajstić information content (AvgIpc) is 3.26. The van der Waals surface area contributed by atoms with E-state index in [9.17, 15) is 14.7 Å². The first kappa shape index (κ1) is 16.2. The van der Waals surface area contributed by atoms with Crippen molar-refractivity contribution in [2.75, 3.05) is 5.01 Å². The van der Waals surface area contributed by atoms with E-state index in [2.05, 4.69) is 0 Å². The number of carbonyl (C=O) groups is 2. The van der Waals surface area contributed by atoms with Gasteiger partial charge in [-0.15, -0.1) is 11.8 Å². The van der Waals surface area contributed by atoms with Crippen LogP contribution in [0.3, 0.4) is 0 Å². The van der Waals surface area contributed by atoms with E-state index in [1.165, 1.54) is 0 Å². The van der Waals surface area contributed by atoms with E-state index in [1.54, 1.807) is 23.9 Å². The van der Waals surface area contributed by atoms with Crippen molar-refractivity contribution < 1.29 is 14.7 Å². The molecule has 0 radical (unpaired) electrons. The predicted molar refractivity (Wildman–Crippen MR) is 103 cm³/mol. The van der Waals surface area contributed by atoms with Crippen LogP contribution in [0, 0.1) is 0 Å². The van der Waals surface area contributed by atoms with Crippen LogP contribution in [0.15, 0.2) is 71.8 Å². The molecule has 0 fully saturated rings. The molecule has 0 spiro atoms. The standard InChI is InChI=1S/C21H16N2O3S/c24-20-14-7-2-1-6-13(14)17-12-19(16-9-5-11-22(16)23(17)20)27-18-10-4-3-8-15(18)21(25)26/h1-11,17,19H,12H2,(H,25,26)/t17-,19+/m0/s1. The van der Waals surface area contributed by atoms with Gasteiger partial charge in [-0.3, -0.25) is 9.47 Å². The van der Waals surface area contributed by atoms with Crippen LogP contribution in [-0.4, -0.2) is 21.7 Å². The minimum atomic E-state index is -0.924. The number of thioether (sulfide) groups is 1. The maximum absolute atomic E-state index is 12.9. The fourth-order valence-electron chi connectivity index (χ4n) is 4.02. The number of aromatic nitrogens is 1. The molecule has 5 nitrogen and oxygen atoms in total. The summed E-state index contributed by atoms with van der Waals surface area (Å²) in [6.45, 7) is 0. The van der Waals surface area contributed by atoms with Crippen molar-refractivity contribution in [3.8, 4) is 0 Å². The molecule has 3 heterocycles. The average molecular weight is 376 g/mol. The molecule has 134 valence electrons. The molecule has 0 bridgehead atoms. The summed E-state index contributed by atoms with van der Waals surface area (Å²) < 4.78 is 1.93. The second-order valence-electron chi connectivity index (χ2n) is 6.67. The fourth-order valence-corrected chi connectivity index (χ4v) is 5.35. The Labute approximate surface area is 160 Å². The number of hydrogen-bond acceptors (Lipinski definition) is 3. The summed E-state index contributed by atoms with van der Waals surface area (Å²) in [5.74, 6) is -0.908. The number of nitrogens with zero attached hydrogens (tertiary/aromatic N) is 2. The number of carboxylic acids is 1. The molecule has 0 aliphatic carbocycles. The van der Waals surface area contributed by atoms with Crippen LogP contribution >= 0.6 is 11.8 Å². The molecule has 5 rings (SSSR count). The van der Waals surface area contributed by atoms with Crippen LogP contribution in [0.2, 0.25) is 0 Å². The van der Waals surface area contributed by atoms with E-state index in [0.717, 1.165) is 28.1 Å². The number of rotatable bonds is 3. The summed E-state index contributed by atoms with van der Waals surface area (Å²) in [6.07, 6.45) is 2.65. The molecular weight excluding hydrogens is 360 g/mol. The van der Waals surface area contributed by atoms with Gasteiger partial charge in [0.2, 0.25) is 0 Å². The summed E-state index contributed by atoms with van der Waals surface area (Å²) in [6, 6.07) is 18.7. The van der Waals surface area contributed by atoms with E-state index in [4.69, 9.17) is 0 Å². The minimum Gasteiger partial charge on any atom is -0.478 e. The largest absolute Gasteiger partial charge is 0.478 e. The Hall–Kier alpha value is -2.99. The lowest BCUT2D eigenvalue weighted by Crippen LogP contribution is -2.42. The molecule has 2 aromatic carbocycles. The molecule has 27 heavy (non-hydrogen) atoms. The van der Waals surface area contributed by atoms with Gasteiger partial charge in [0.15, 0.2) is 0 Å². The molecule has 3 aromatic rings. The Morgan fingerprint density at radius 1 is 1.04 bits per heavy atom. The van der Waals surface area contributed by atoms with Crippen LogP contribution < -0.4 is 5.01 Å². The first-order valence-electron chi connectivity index (χ1n) is 8.74.